The van der Waals surface area contributed by atoms with E-state index in [-0.39, 0.29) is 49.6 Å². The Morgan fingerprint density at radius 2 is 1.90 bits per heavy atom. The van der Waals surface area contributed by atoms with Crippen molar-refractivity contribution in [3.63, 3.8) is 0 Å². The second kappa shape index (κ2) is 13.0. The summed E-state index contributed by atoms with van der Waals surface area (Å²) in [5.74, 6) is 0.353. The monoisotopic (exact) mass is 698 g/mol. The van der Waals surface area contributed by atoms with Crippen molar-refractivity contribution in [2.45, 2.75) is 52.1 Å². The van der Waals surface area contributed by atoms with E-state index in [0.29, 0.717) is 27.8 Å². The second-order valence-corrected chi connectivity index (χ2v) is 13.5. The van der Waals surface area contributed by atoms with Crippen LogP contribution in [0.25, 0.3) is 15.8 Å². The number of carbonyl (C=O) groups is 3. The number of ether oxygens (including phenoxy) is 1. The van der Waals surface area contributed by atoms with Crippen LogP contribution in [0.2, 0.25) is 5.02 Å². The Labute approximate surface area is 289 Å². The topological polar surface area (TPSA) is 162 Å². The molecule has 13 nitrogen and oxygen atoms in total. The lowest BCUT2D eigenvalue weighted by Gasteiger charge is -2.22. The van der Waals surface area contributed by atoms with E-state index in [0.717, 1.165) is 37.0 Å². The van der Waals surface area contributed by atoms with Gasteiger partial charge < -0.3 is 10.1 Å². The number of aliphatic imine (C=N–C) groups is 1. The molecule has 7 rings (SSSR count). The molecule has 15 heteroatoms. The fourth-order valence-electron chi connectivity index (χ4n) is 6.17. The van der Waals surface area contributed by atoms with Crippen LogP contribution in [0.15, 0.2) is 58.4 Å². The molecule has 2 N–H and O–H groups in total. The summed E-state index contributed by atoms with van der Waals surface area (Å²) in [6.07, 6.45) is 1.79. The largest absolute Gasteiger partial charge is 0.491 e. The zero-order valence-electron chi connectivity index (χ0n) is 26.8. The fourth-order valence-corrected chi connectivity index (χ4v) is 7.51. The lowest BCUT2D eigenvalue weighted by Crippen LogP contribution is -2.45. The van der Waals surface area contributed by atoms with Crippen LogP contribution in [-0.2, 0) is 14.4 Å². The van der Waals surface area contributed by atoms with E-state index in [1.165, 1.54) is 6.20 Å². The zero-order valence-corrected chi connectivity index (χ0v) is 28.4. The molecule has 49 heavy (non-hydrogen) atoms. The van der Waals surface area contributed by atoms with Gasteiger partial charge in [0.05, 0.1) is 30.3 Å². The van der Waals surface area contributed by atoms with Crippen molar-refractivity contribution in [3.8, 4) is 10.8 Å². The molecule has 0 saturated carbocycles. The molecule has 0 radical (unpaired) electrons. The number of piperidine rings is 1. The molecule has 2 atom stereocenters. The van der Waals surface area contributed by atoms with E-state index < -0.39 is 23.6 Å². The number of hydrogen-bond donors (Lipinski definition) is 2. The highest BCUT2D eigenvalue weighted by Crippen LogP contribution is 2.39. The summed E-state index contributed by atoms with van der Waals surface area (Å²) < 4.78 is 9.05. The van der Waals surface area contributed by atoms with E-state index in [2.05, 4.69) is 39.8 Å². The number of aryl methyl sites for hydroxylation is 2. The number of imide groups is 1. The number of nitrogens with zero attached hydrogens (tertiary/aromatic N) is 6. The number of aromatic nitrogens is 5. The Balaban J connectivity index is 1.09. The predicted octanol–water partition coefficient (Wildman–Crippen LogP) is 4.07. The van der Waals surface area contributed by atoms with Gasteiger partial charge in [0.25, 0.3) is 11.5 Å². The van der Waals surface area contributed by atoms with Crippen LogP contribution in [0.5, 0.6) is 5.75 Å². The van der Waals surface area contributed by atoms with E-state index >= 15 is 0 Å². The smallest absolute Gasteiger partial charge is 0.279 e. The number of halogens is 1. The molecule has 1 fully saturated rings. The summed E-state index contributed by atoms with van der Waals surface area (Å²) in [7, 11) is 0. The van der Waals surface area contributed by atoms with Crippen LogP contribution >= 0.6 is 22.9 Å². The number of benzene rings is 2. The molecule has 0 bridgehead atoms. The van der Waals surface area contributed by atoms with Crippen LogP contribution in [0.4, 0.5) is 0 Å². The van der Waals surface area contributed by atoms with Crippen molar-refractivity contribution in [1.82, 2.24) is 35.2 Å². The fraction of sp³-hybridized carbons (Fsp3) is 0.294. The Kier molecular flexibility index (Phi) is 8.59. The summed E-state index contributed by atoms with van der Waals surface area (Å²) in [6.45, 7) is 6.25. The first-order valence-electron chi connectivity index (χ1n) is 15.7. The summed E-state index contributed by atoms with van der Waals surface area (Å²) in [5.41, 5.74) is 3.21. The molecule has 0 spiro atoms. The van der Waals surface area contributed by atoms with Crippen LogP contribution in [-0.4, -0.2) is 61.1 Å². The molecule has 3 amide bonds. The SMILES string of the molecule is Cc1sc2c(c1C)C(c1ccc(Cl)cc1)=N[C@@H](CC(=O)NCCOc1cccc3cnn(C4CCC(=O)NC4=O)c(=O)c13)c1nnc(C)n1-2. The van der Waals surface area contributed by atoms with Crippen LogP contribution in [0.3, 0.4) is 0 Å². The first-order valence-corrected chi connectivity index (χ1v) is 16.9. The first-order chi connectivity index (χ1) is 23.6. The van der Waals surface area contributed by atoms with Gasteiger partial charge in [0.15, 0.2) is 5.82 Å². The summed E-state index contributed by atoms with van der Waals surface area (Å²) in [6, 6.07) is 11.1. The number of carbonyl (C=O) groups excluding carboxylic acids is 3. The van der Waals surface area contributed by atoms with Crippen molar-refractivity contribution in [2.75, 3.05) is 13.2 Å². The molecular weight excluding hydrogens is 668 g/mol. The van der Waals surface area contributed by atoms with E-state index in [9.17, 15) is 19.2 Å². The van der Waals surface area contributed by atoms with Crippen molar-refractivity contribution in [2.24, 2.45) is 4.99 Å². The number of hydrogen-bond acceptors (Lipinski definition) is 10. The number of rotatable bonds is 8. The molecule has 2 aromatic carbocycles. The van der Waals surface area contributed by atoms with Crippen LogP contribution < -0.4 is 20.9 Å². The van der Waals surface area contributed by atoms with Gasteiger partial charge in [-0.2, -0.15) is 5.10 Å². The molecule has 2 aliphatic heterocycles. The lowest BCUT2D eigenvalue weighted by molar-refractivity contribution is -0.136. The van der Waals surface area contributed by atoms with Crippen LogP contribution in [0, 0.1) is 20.8 Å². The second-order valence-electron chi connectivity index (χ2n) is 11.9. The highest BCUT2D eigenvalue weighted by molar-refractivity contribution is 7.15. The maximum absolute atomic E-state index is 13.5. The van der Waals surface area contributed by atoms with Gasteiger partial charge in [-0.05, 0) is 51.0 Å². The van der Waals surface area contributed by atoms with Gasteiger partial charge in [-0.3, -0.25) is 34.1 Å². The molecule has 0 aliphatic carbocycles. The standard InChI is InChI=1S/C34H31ClN8O5S/c1-17-18(2)49-34-28(17)30(20-7-9-22(35)10-8-20)38-23(31-41-40-19(3)42(31)34)15-27(45)36-13-14-48-25-6-4-5-21-16-37-43(33(47)29(21)25)24-11-12-26(44)39-32(24)46/h4-10,16,23-24H,11-15H2,1-3H3,(H,36,45)(H,39,44,46)/t23-,24?/m0/s1. The average Bonchev–Trinajstić information content (AvgIpc) is 3.55. The summed E-state index contributed by atoms with van der Waals surface area (Å²) >= 11 is 7.85. The Morgan fingerprint density at radius 1 is 1.10 bits per heavy atom. The quantitative estimate of drug-likeness (QED) is 0.181. The van der Waals surface area contributed by atoms with E-state index in [1.54, 1.807) is 29.5 Å². The first kappa shape index (κ1) is 32.3. The van der Waals surface area contributed by atoms with Crippen molar-refractivity contribution in [1.29, 1.82) is 0 Å². The van der Waals surface area contributed by atoms with Gasteiger partial charge in [0.2, 0.25) is 11.8 Å². The third-order valence-electron chi connectivity index (χ3n) is 8.72. The minimum absolute atomic E-state index is 0.0127. The normalized spacial score (nSPS) is 17.2. The molecule has 5 heterocycles. The van der Waals surface area contributed by atoms with Crippen LogP contribution in [0.1, 0.15) is 64.6 Å². The minimum atomic E-state index is -0.901. The van der Waals surface area contributed by atoms with Gasteiger partial charge in [-0.15, -0.1) is 21.5 Å². The van der Waals surface area contributed by atoms with Crippen molar-refractivity contribution >= 4 is 57.1 Å². The van der Waals surface area contributed by atoms with E-state index in [4.69, 9.17) is 21.3 Å². The molecule has 1 saturated heterocycles. The third-order valence-corrected chi connectivity index (χ3v) is 10.2. The maximum Gasteiger partial charge on any atom is 0.279 e. The number of amides is 3. The number of fused-ring (bicyclic) bond motifs is 4. The van der Waals surface area contributed by atoms with Gasteiger partial charge in [-0.25, -0.2) is 4.68 Å². The zero-order chi connectivity index (χ0) is 34.4. The highest BCUT2D eigenvalue weighted by atomic mass is 35.5. The Bertz CT molecular complexity index is 2240. The minimum Gasteiger partial charge on any atom is -0.491 e. The number of nitrogens with one attached hydrogen (secondary N) is 2. The lowest BCUT2D eigenvalue weighted by atomic mass is 9.99. The van der Waals surface area contributed by atoms with Gasteiger partial charge >= 0.3 is 0 Å². The van der Waals surface area contributed by atoms with Gasteiger partial charge in [0.1, 0.15) is 35.3 Å². The summed E-state index contributed by atoms with van der Waals surface area (Å²) in [5, 5.41) is 20.5. The molecule has 1 unspecified atom stereocenters. The number of thiophene rings is 1. The van der Waals surface area contributed by atoms with Crippen molar-refractivity contribution in [3.05, 3.63) is 97.3 Å². The predicted molar refractivity (Wildman–Crippen MR) is 184 cm³/mol. The van der Waals surface area contributed by atoms with Gasteiger partial charge in [0, 0.05) is 32.8 Å². The van der Waals surface area contributed by atoms with E-state index in [1.807, 2.05) is 35.8 Å². The molecule has 2 aliphatic rings. The molecule has 5 aromatic rings. The average molecular weight is 699 g/mol. The molecular formula is C34H31ClN8O5S. The summed E-state index contributed by atoms with van der Waals surface area (Å²) in [4.78, 5) is 57.2. The van der Waals surface area contributed by atoms with Gasteiger partial charge in [-0.1, -0.05) is 35.9 Å². The maximum atomic E-state index is 13.5. The molecule has 3 aromatic heterocycles. The van der Waals surface area contributed by atoms with Crippen molar-refractivity contribution < 1.29 is 19.1 Å². The third kappa shape index (κ3) is 6.02. The Morgan fingerprint density at radius 3 is 2.67 bits per heavy atom. The Hall–Kier alpha value is -5.21. The molecule has 250 valence electrons. The highest BCUT2D eigenvalue weighted by Gasteiger charge is 2.33.